The Morgan fingerprint density at radius 1 is 0.667 bits per heavy atom. The molecule has 0 N–H and O–H groups in total. The summed E-state index contributed by atoms with van der Waals surface area (Å²) in [5, 5.41) is 1.17. The fraction of sp³-hybridized carbons (Fsp3) is 0. The predicted octanol–water partition coefficient (Wildman–Crippen LogP) is 1.59. The lowest BCUT2D eigenvalue weighted by molar-refractivity contribution is 0.519. The van der Waals surface area contributed by atoms with Crippen LogP contribution >= 0.6 is 0 Å². The quantitative estimate of drug-likeness (QED) is 0.671. The van der Waals surface area contributed by atoms with Gasteiger partial charge in [0.2, 0.25) is 0 Å². The molecule has 0 fully saturated rings. The number of fused-ring (bicyclic) bond motifs is 1. The van der Waals surface area contributed by atoms with E-state index in [-0.39, 0.29) is 0 Å². The molecule has 0 atom stereocenters. The lowest BCUT2D eigenvalue weighted by Gasteiger charge is -2.06. The Morgan fingerprint density at radius 2 is 1.20 bits per heavy atom. The van der Waals surface area contributed by atoms with E-state index in [0.29, 0.717) is 0 Å². The summed E-state index contributed by atoms with van der Waals surface area (Å²) in [5.74, 6) is 1.75. The second-order valence-electron chi connectivity index (χ2n) is 3.43. The monoisotopic (exact) mass is 214 g/mol. The largest absolute Gasteiger partial charge is 0.508 e. The van der Waals surface area contributed by atoms with Gasteiger partial charge in [0.1, 0.15) is 11.5 Å². The lowest BCUT2D eigenvalue weighted by Crippen LogP contribution is -2.38. The van der Waals surface area contributed by atoms with Crippen LogP contribution in [0.25, 0.3) is 0 Å². The van der Waals surface area contributed by atoms with Crippen LogP contribution in [0.15, 0.2) is 54.6 Å². The number of benzene rings is 2. The molecule has 2 aromatic carbocycles. The van der Waals surface area contributed by atoms with Crippen molar-refractivity contribution in [2.24, 2.45) is 0 Å². The van der Waals surface area contributed by atoms with Crippen molar-refractivity contribution in [2.75, 3.05) is 0 Å². The number of para-hydroxylation sites is 2. The molecule has 0 saturated heterocycles. The van der Waals surface area contributed by atoms with E-state index in [1.165, 1.54) is 5.19 Å². The highest BCUT2D eigenvalue weighted by molar-refractivity contribution is 6.63. The number of hydrogen-bond donors (Lipinski definition) is 0. The van der Waals surface area contributed by atoms with Crippen molar-refractivity contribution in [2.45, 2.75) is 0 Å². The van der Waals surface area contributed by atoms with Gasteiger partial charge in [-0.2, -0.15) is 0 Å². The highest BCUT2D eigenvalue weighted by Crippen LogP contribution is 2.32. The molecule has 74 valence electrons. The van der Waals surface area contributed by atoms with Gasteiger partial charge in [-0.15, -0.1) is 0 Å². The lowest BCUT2D eigenvalue weighted by atomic mass is 10.3. The normalized spacial score (nSPS) is 14.1. The molecular weight excluding hydrogens is 204 g/mol. The molecule has 0 amide bonds. The molecule has 0 radical (unpaired) electrons. The summed E-state index contributed by atoms with van der Waals surface area (Å²) >= 11 is 0. The van der Waals surface area contributed by atoms with E-state index in [0.717, 1.165) is 11.5 Å². The van der Waals surface area contributed by atoms with E-state index in [4.69, 9.17) is 8.85 Å². The summed E-state index contributed by atoms with van der Waals surface area (Å²) in [6.45, 7) is 0. The number of hydrogen-bond acceptors (Lipinski definition) is 2. The molecule has 0 aromatic heterocycles. The molecular formula is C12H10O2Si. The maximum Gasteiger partial charge on any atom is 0.479 e. The van der Waals surface area contributed by atoms with Gasteiger partial charge in [-0.3, -0.25) is 0 Å². The third kappa shape index (κ3) is 1.51. The maximum absolute atomic E-state index is 5.81. The first kappa shape index (κ1) is 8.56. The van der Waals surface area contributed by atoms with Gasteiger partial charge in [0.15, 0.2) is 0 Å². The molecule has 2 aromatic rings. The van der Waals surface area contributed by atoms with Crippen LogP contribution in [0.4, 0.5) is 0 Å². The average Bonchev–Trinajstić information content (AvgIpc) is 2.74. The molecule has 2 nitrogen and oxygen atoms in total. The van der Waals surface area contributed by atoms with Crippen LogP contribution in [0.2, 0.25) is 0 Å². The fourth-order valence-corrected chi connectivity index (χ4v) is 3.35. The molecule has 0 aliphatic carbocycles. The van der Waals surface area contributed by atoms with Gasteiger partial charge in [0, 0.05) is 5.19 Å². The Bertz CT molecular complexity index is 445. The van der Waals surface area contributed by atoms with E-state index < -0.39 is 9.28 Å². The fourth-order valence-electron chi connectivity index (χ4n) is 1.65. The number of rotatable bonds is 1. The zero-order valence-corrected chi connectivity index (χ0v) is 9.24. The van der Waals surface area contributed by atoms with E-state index in [9.17, 15) is 0 Å². The second-order valence-corrected chi connectivity index (χ2v) is 5.23. The molecule has 1 aliphatic heterocycles. The Kier molecular flexibility index (Phi) is 1.96. The van der Waals surface area contributed by atoms with Gasteiger partial charge in [0.05, 0.1) is 0 Å². The van der Waals surface area contributed by atoms with Gasteiger partial charge < -0.3 is 8.85 Å². The summed E-state index contributed by atoms with van der Waals surface area (Å²) in [6, 6.07) is 18.0. The first-order chi connectivity index (χ1) is 7.43. The van der Waals surface area contributed by atoms with Gasteiger partial charge in [0.25, 0.3) is 0 Å². The summed E-state index contributed by atoms with van der Waals surface area (Å²) in [6.07, 6.45) is 0. The third-order valence-corrected chi connectivity index (χ3v) is 4.25. The minimum absolute atomic E-state index is 0.873. The summed E-state index contributed by atoms with van der Waals surface area (Å²) < 4.78 is 11.6. The standard InChI is InChI=1S/C12H10O2Si/c1-2-6-10(7-3-1)15-13-11-8-4-5-9-12(11)14-15/h1-9,15H. The zero-order valence-electron chi connectivity index (χ0n) is 8.09. The molecule has 15 heavy (non-hydrogen) atoms. The van der Waals surface area contributed by atoms with Crippen molar-refractivity contribution in [1.82, 2.24) is 0 Å². The van der Waals surface area contributed by atoms with Crippen LogP contribution in [0.3, 0.4) is 0 Å². The average molecular weight is 214 g/mol. The van der Waals surface area contributed by atoms with Gasteiger partial charge in [-0.25, -0.2) is 0 Å². The van der Waals surface area contributed by atoms with Crippen molar-refractivity contribution in [3.63, 3.8) is 0 Å². The van der Waals surface area contributed by atoms with Crippen molar-refractivity contribution < 1.29 is 8.85 Å². The van der Waals surface area contributed by atoms with Crippen molar-refractivity contribution in [1.29, 1.82) is 0 Å². The SMILES string of the molecule is c1ccc([SiH]2Oc3ccccc3O2)cc1. The van der Waals surface area contributed by atoms with Gasteiger partial charge >= 0.3 is 9.28 Å². The zero-order chi connectivity index (χ0) is 10.1. The summed E-state index contributed by atoms with van der Waals surface area (Å²) in [7, 11) is -1.73. The minimum atomic E-state index is -1.73. The molecule has 0 unspecified atom stereocenters. The van der Waals surface area contributed by atoms with Crippen molar-refractivity contribution in [3.05, 3.63) is 54.6 Å². The molecule has 3 heteroatoms. The minimum Gasteiger partial charge on any atom is -0.508 e. The topological polar surface area (TPSA) is 18.5 Å². The molecule has 1 aliphatic rings. The highest BCUT2D eigenvalue weighted by atomic mass is 28.3. The van der Waals surface area contributed by atoms with Crippen LogP contribution in [-0.2, 0) is 0 Å². The second kappa shape index (κ2) is 3.44. The van der Waals surface area contributed by atoms with Crippen molar-refractivity contribution in [3.8, 4) is 11.5 Å². The smallest absolute Gasteiger partial charge is 0.479 e. The van der Waals surface area contributed by atoms with Crippen LogP contribution in [-0.4, -0.2) is 9.28 Å². The third-order valence-electron chi connectivity index (χ3n) is 2.39. The highest BCUT2D eigenvalue weighted by Gasteiger charge is 2.28. The Labute approximate surface area is 89.9 Å². The van der Waals surface area contributed by atoms with Gasteiger partial charge in [-0.05, 0) is 12.1 Å². The molecule has 0 bridgehead atoms. The maximum atomic E-state index is 5.81. The molecule has 3 rings (SSSR count). The van der Waals surface area contributed by atoms with Crippen LogP contribution in [0, 0.1) is 0 Å². The van der Waals surface area contributed by atoms with E-state index >= 15 is 0 Å². The van der Waals surface area contributed by atoms with E-state index in [2.05, 4.69) is 12.1 Å². The molecule has 0 spiro atoms. The Hall–Kier alpha value is -1.74. The molecule has 0 saturated carbocycles. The first-order valence-electron chi connectivity index (χ1n) is 4.91. The predicted molar refractivity (Wildman–Crippen MR) is 60.9 cm³/mol. The van der Waals surface area contributed by atoms with Gasteiger partial charge in [-0.1, -0.05) is 42.5 Å². The van der Waals surface area contributed by atoms with E-state index in [1.54, 1.807) is 0 Å². The summed E-state index contributed by atoms with van der Waals surface area (Å²) in [4.78, 5) is 0. The Balaban J connectivity index is 1.91. The Morgan fingerprint density at radius 3 is 1.80 bits per heavy atom. The van der Waals surface area contributed by atoms with E-state index in [1.807, 2.05) is 42.5 Å². The van der Waals surface area contributed by atoms with Crippen LogP contribution < -0.4 is 14.0 Å². The van der Waals surface area contributed by atoms with Crippen LogP contribution in [0.5, 0.6) is 11.5 Å². The van der Waals surface area contributed by atoms with Crippen molar-refractivity contribution >= 4 is 14.5 Å². The molecule has 1 heterocycles. The van der Waals surface area contributed by atoms with Crippen LogP contribution in [0.1, 0.15) is 0 Å². The first-order valence-corrected chi connectivity index (χ1v) is 6.43. The summed E-state index contributed by atoms with van der Waals surface area (Å²) in [5.41, 5.74) is 0.